The van der Waals surface area contributed by atoms with Crippen molar-refractivity contribution in [1.82, 2.24) is 19.5 Å². The molecule has 7 nitrogen and oxygen atoms in total. The lowest BCUT2D eigenvalue weighted by molar-refractivity contribution is 0.0406. The number of anilines is 1. The highest BCUT2D eigenvalue weighted by Gasteiger charge is 2.77. The SMILES string of the molecule is C[C@]1(CO)[C@@H](Cn2cnc3c(=O)[nH]c(N)nc32)C1(F)F. The van der Waals surface area contributed by atoms with Crippen molar-refractivity contribution in [3.63, 3.8) is 0 Å². The second-order valence-electron chi connectivity index (χ2n) is 5.27. The van der Waals surface area contributed by atoms with Crippen LogP contribution in [-0.2, 0) is 6.54 Å². The Hall–Kier alpha value is -2.03. The molecule has 0 aromatic carbocycles. The lowest BCUT2D eigenvalue weighted by Gasteiger charge is -2.05. The van der Waals surface area contributed by atoms with Crippen molar-refractivity contribution in [1.29, 1.82) is 0 Å². The average Bonchev–Trinajstić information content (AvgIpc) is 2.70. The Morgan fingerprint density at radius 3 is 2.90 bits per heavy atom. The van der Waals surface area contributed by atoms with E-state index in [4.69, 9.17) is 10.8 Å². The van der Waals surface area contributed by atoms with Gasteiger partial charge in [0.2, 0.25) is 5.95 Å². The van der Waals surface area contributed by atoms with Gasteiger partial charge in [0.05, 0.1) is 24.3 Å². The maximum absolute atomic E-state index is 13.7. The molecule has 2 aromatic rings. The third kappa shape index (κ3) is 1.49. The van der Waals surface area contributed by atoms with Gasteiger partial charge in [-0.05, 0) is 0 Å². The summed E-state index contributed by atoms with van der Waals surface area (Å²) >= 11 is 0. The third-order valence-electron chi connectivity index (χ3n) is 4.09. The van der Waals surface area contributed by atoms with Crippen LogP contribution < -0.4 is 11.3 Å². The minimum absolute atomic E-state index is 0.0499. The molecule has 0 unspecified atom stereocenters. The van der Waals surface area contributed by atoms with Crippen molar-refractivity contribution in [3.05, 3.63) is 16.7 Å². The number of nitrogens with two attached hydrogens (primary N) is 1. The topological polar surface area (TPSA) is 110 Å². The van der Waals surface area contributed by atoms with Gasteiger partial charge in [0, 0.05) is 6.54 Å². The monoisotopic (exact) mass is 285 g/mol. The number of hydrogen-bond donors (Lipinski definition) is 3. The summed E-state index contributed by atoms with van der Waals surface area (Å²) in [6.45, 7) is 0.634. The number of halogens is 2. The number of nitrogen functional groups attached to an aromatic ring is 1. The van der Waals surface area contributed by atoms with Crippen LogP contribution in [0.5, 0.6) is 0 Å². The third-order valence-corrected chi connectivity index (χ3v) is 4.09. The van der Waals surface area contributed by atoms with E-state index in [9.17, 15) is 13.6 Å². The van der Waals surface area contributed by atoms with E-state index < -0.39 is 29.4 Å². The molecule has 2 atom stereocenters. The lowest BCUT2D eigenvalue weighted by Crippen LogP contribution is -2.13. The molecule has 0 bridgehead atoms. The summed E-state index contributed by atoms with van der Waals surface area (Å²) in [5.74, 6) is -4.08. The first-order valence-corrected chi connectivity index (χ1v) is 6.00. The smallest absolute Gasteiger partial charge is 0.280 e. The minimum atomic E-state index is -2.95. The van der Waals surface area contributed by atoms with E-state index in [1.165, 1.54) is 17.8 Å². The Kier molecular flexibility index (Phi) is 2.43. The highest BCUT2D eigenvalue weighted by Crippen LogP contribution is 2.66. The summed E-state index contributed by atoms with van der Waals surface area (Å²) in [6, 6.07) is 0. The lowest BCUT2D eigenvalue weighted by atomic mass is 10.1. The van der Waals surface area contributed by atoms with Gasteiger partial charge in [0.1, 0.15) is 0 Å². The van der Waals surface area contributed by atoms with Crippen LogP contribution in [0, 0.1) is 11.3 Å². The summed E-state index contributed by atoms with van der Waals surface area (Å²) in [7, 11) is 0. The molecule has 4 N–H and O–H groups in total. The number of alkyl halides is 2. The molecule has 0 aliphatic heterocycles. The zero-order valence-corrected chi connectivity index (χ0v) is 10.6. The van der Waals surface area contributed by atoms with Crippen molar-refractivity contribution in [2.24, 2.45) is 11.3 Å². The molecule has 9 heteroatoms. The van der Waals surface area contributed by atoms with Crippen molar-refractivity contribution in [2.45, 2.75) is 19.4 Å². The fraction of sp³-hybridized carbons (Fsp3) is 0.545. The van der Waals surface area contributed by atoms with E-state index >= 15 is 0 Å². The van der Waals surface area contributed by atoms with Crippen LogP contribution in [-0.4, -0.2) is 37.2 Å². The van der Waals surface area contributed by atoms with E-state index in [0.29, 0.717) is 0 Å². The molecule has 0 spiro atoms. The summed E-state index contributed by atoms with van der Waals surface area (Å²) in [5, 5.41) is 9.11. The second kappa shape index (κ2) is 3.75. The predicted molar refractivity (Wildman–Crippen MR) is 66.2 cm³/mol. The molecule has 1 fully saturated rings. The first kappa shape index (κ1) is 13.0. The quantitative estimate of drug-likeness (QED) is 0.733. The molecule has 0 amide bonds. The standard InChI is InChI=1S/C11H13F2N5O2/c1-10(3-19)5(11(10,12)13)2-18-4-15-6-7(18)16-9(14)17-8(6)20/h4-5,19H,2-3H2,1H3,(H3,14,16,17,20)/t5-,10+/m1/s1. The van der Waals surface area contributed by atoms with E-state index in [1.807, 2.05) is 0 Å². The molecule has 0 radical (unpaired) electrons. The fourth-order valence-corrected chi connectivity index (χ4v) is 2.51. The van der Waals surface area contributed by atoms with Crippen molar-refractivity contribution in [3.8, 4) is 0 Å². The predicted octanol–water partition coefficient (Wildman–Crippen LogP) is -0.0345. The summed E-state index contributed by atoms with van der Waals surface area (Å²) in [6.07, 6.45) is 1.28. The number of aliphatic hydroxyl groups is 1. The van der Waals surface area contributed by atoms with Gasteiger partial charge in [0.15, 0.2) is 11.2 Å². The van der Waals surface area contributed by atoms with Crippen LogP contribution in [0.1, 0.15) is 6.92 Å². The molecule has 20 heavy (non-hydrogen) atoms. The summed E-state index contributed by atoms with van der Waals surface area (Å²) in [4.78, 5) is 21.6. The summed E-state index contributed by atoms with van der Waals surface area (Å²) in [5.41, 5.74) is 3.68. The Morgan fingerprint density at radius 1 is 1.60 bits per heavy atom. The molecule has 108 valence electrons. The maximum atomic E-state index is 13.7. The minimum Gasteiger partial charge on any atom is -0.396 e. The van der Waals surface area contributed by atoms with Crippen molar-refractivity contribution < 1.29 is 13.9 Å². The number of rotatable bonds is 3. The summed E-state index contributed by atoms with van der Waals surface area (Å²) < 4.78 is 28.7. The maximum Gasteiger partial charge on any atom is 0.280 e. The van der Waals surface area contributed by atoms with E-state index in [1.54, 1.807) is 0 Å². The number of hydrogen-bond acceptors (Lipinski definition) is 5. The molecular formula is C11H13F2N5O2. The first-order valence-electron chi connectivity index (χ1n) is 6.00. The fourth-order valence-electron chi connectivity index (χ4n) is 2.51. The Balaban J connectivity index is 2.00. The van der Waals surface area contributed by atoms with Crippen LogP contribution in [0.25, 0.3) is 11.2 Å². The number of nitrogens with one attached hydrogen (secondary N) is 1. The number of fused-ring (bicyclic) bond motifs is 1. The van der Waals surface area contributed by atoms with Crippen LogP contribution >= 0.6 is 0 Å². The van der Waals surface area contributed by atoms with Crippen LogP contribution in [0.15, 0.2) is 11.1 Å². The number of nitrogens with zero attached hydrogens (tertiary/aromatic N) is 3. The van der Waals surface area contributed by atoms with E-state index in [2.05, 4.69) is 15.0 Å². The van der Waals surface area contributed by atoms with Gasteiger partial charge in [-0.15, -0.1) is 0 Å². The molecule has 1 aliphatic carbocycles. The van der Waals surface area contributed by atoms with Crippen LogP contribution in [0.3, 0.4) is 0 Å². The Morgan fingerprint density at radius 2 is 2.30 bits per heavy atom. The van der Waals surface area contributed by atoms with E-state index in [-0.39, 0.29) is 23.7 Å². The molecule has 0 saturated heterocycles. The van der Waals surface area contributed by atoms with Gasteiger partial charge < -0.3 is 15.4 Å². The van der Waals surface area contributed by atoms with Gasteiger partial charge >= 0.3 is 0 Å². The average molecular weight is 285 g/mol. The normalized spacial score (nSPS) is 27.9. The van der Waals surface area contributed by atoms with Crippen molar-refractivity contribution >= 4 is 17.1 Å². The zero-order chi connectivity index (χ0) is 14.7. The Bertz CT molecular complexity index is 740. The number of H-pyrrole nitrogens is 1. The van der Waals surface area contributed by atoms with Gasteiger partial charge in [-0.2, -0.15) is 4.98 Å². The van der Waals surface area contributed by atoms with E-state index in [0.717, 1.165) is 0 Å². The molecule has 2 aromatic heterocycles. The van der Waals surface area contributed by atoms with Gasteiger partial charge in [0.25, 0.3) is 11.5 Å². The zero-order valence-electron chi connectivity index (χ0n) is 10.6. The van der Waals surface area contributed by atoms with Crippen molar-refractivity contribution in [2.75, 3.05) is 12.3 Å². The highest BCUT2D eigenvalue weighted by molar-refractivity contribution is 5.70. The number of aromatic nitrogens is 4. The molecule has 1 saturated carbocycles. The van der Waals surface area contributed by atoms with Gasteiger partial charge in [-0.25, -0.2) is 13.8 Å². The van der Waals surface area contributed by atoms with Gasteiger partial charge in [-0.1, -0.05) is 6.92 Å². The molecule has 1 aliphatic rings. The van der Waals surface area contributed by atoms with Crippen LogP contribution in [0.4, 0.5) is 14.7 Å². The molecular weight excluding hydrogens is 272 g/mol. The van der Waals surface area contributed by atoms with Gasteiger partial charge in [-0.3, -0.25) is 9.78 Å². The van der Waals surface area contributed by atoms with Crippen LogP contribution in [0.2, 0.25) is 0 Å². The number of aromatic amines is 1. The Labute approximate surface area is 111 Å². The molecule has 2 heterocycles. The second-order valence-corrected chi connectivity index (χ2v) is 5.27. The number of aliphatic hydroxyl groups excluding tert-OH is 1. The first-order chi connectivity index (χ1) is 9.31. The molecule has 3 rings (SSSR count). The highest BCUT2D eigenvalue weighted by atomic mass is 19.3. The number of imidazole rings is 1. The largest absolute Gasteiger partial charge is 0.396 e.